The number of benzene rings is 3. The Morgan fingerprint density at radius 2 is 1.44 bits per heavy atom. The molecule has 0 saturated carbocycles. The van der Waals surface area contributed by atoms with E-state index in [4.69, 9.17) is 24.7 Å². The van der Waals surface area contributed by atoms with Gasteiger partial charge in [0.15, 0.2) is 11.5 Å². The minimum Gasteiger partial charge on any atom is -0.497 e. The lowest BCUT2D eigenvalue weighted by Gasteiger charge is -2.13. The second-order valence-corrected chi connectivity index (χ2v) is 7.23. The Morgan fingerprint density at radius 3 is 2.03 bits per heavy atom. The number of hydrogen-bond acceptors (Lipinski definition) is 6. The standard InChI is InChI=1S/C27H28N2O5/c1-31-22-13-10-20(9-5-19-15-24(32-2)27(34-4)25(16-19)33-3)23(17-22)29-26(30)14-8-18-6-11-21(28)12-7-18/h5-17H,28H2,1-4H3,(H,29,30)/b9-5?,14-8+. The zero-order chi connectivity index (χ0) is 24.5. The third-order valence-corrected chi connectivity index (χ3v) is 5.02. The highest BCUT2D eigenvalue weighted by atomic mass is 16.5. The number of carbonyl (C=O) groups is 1. The van der Waals surface area contributed by atoms with Crippen LogP contribution in [-0.4, -0.2) is 34.3 Å². The van der Waals surface area contributed by atoms with E-state index in [1.807, 2.05) is 48.6 Å². The van der Waals surface area contributed by atoms with Crippen LogP contribution in [0.25, 0.3) is 18.2 Å². The molecule has 0 spiro atoms. The van der Waals surface area contributed by atoms with Gasteiger partial charge in [-0.1, -0.05) is 24.3 Å². The lowest BCUT2D eigenvalue weighted by Crippen LogP contribution is -2.09. The highest BCUT2D eigenvalue weighted by molar-refractivity contribution is 6.03. The van der Waals surface area contributed by atoms with Crippen molar-refractivity contribution in [3.8, 4) is 23.0 Å². The van der Waals surface area contributed by atoms with Crippen molar-refractivity contribution >= 4 is 35.5 Å². The van der Waals surface area contributed by atoms with Gasteiger partial charge in [0.2, 0.25) is 11.7 Å². The summed E-state index contributed by atoms with van der Waals surface area (Å²) in [6, 6.07) is 16.4. The maximum absolute atomic E-state index is 12.6. The summed E-state index contributed by atoms with van der Waals surface area (Å²) < 4.78 is 21.5. The molecule has 0 fully saturated rings. The summed E-state index contributed by atoms with van der Waals surface area (Å²) in [5, 5.41) is 2.92. The molecule has 0 atom stereocenters. The SMILES string of the molecule is COc1ccc(C=Cc2cc(OC)c(OC)c(OC)c2)c(NC(=O)/C=C/c2ccc(N)cc2)c1. The van der Waals surface area contributed by atoms with Gasteiger partial charge in [0, 0.05) is 17.8 Å². The Hall–Kier alpha value is -4.39. The van der Waals surface area contributed by atoms with Crippen molar-refractivity contribution in [1.29, 1.82) is 0 Å². The van der Waals surface area contributed by atoms with Crippen molar-refractivity contribution in [1.82, 2.24) is 0 Å². The number of ether oxygens (including phenoxy) is 4. The van der Waals surface area contributed by atoms with Crippen molar-refractivity contribution in [2.45, 2.75) is 0 Å². The third kappa shape index (κ3) is 6.10. The first-order valence-corrected chi connectivity index (χ1v) is 10.5. The molecule has 0 radical (unpaired) electrons. The summed E-state index contributed by atoms with van der Waals surface area (Å²) >= 11 is 0. The van der Waals surface area contributed by atoms with E-state index in [9.17, 15) is 4.79 Å². The number of rotatable bonds is 9. The van der Waals surface area contributed by atoms with Crippen molar-refractivity contribution in [2.24, 2.45) is 0 Å². The number of nitrogens with one attached hydrogen (secondary N) is 1. The lowest BCUT2D eigenvalue weighted by atomic mass is 10.1. The average molecular weight is 461 g/mol. The Morgan fingerprint density at radius 1 is 0.765 bits per heavy atom. The molecule has 3 aromatic carbocycles. The summed E-state index contributed by atoms with van der Waals surface area (Å²) in [5.74, 6) is 1.98. The minimum atomic E-state index is -0.271. The van der Waals surface area contributed by atoms with Gasteiger partial charge in [-0.15, -0.1) is 0 Å². The molecule has 3 rings (SSSR count). The molecule has 0 bridgehead atoms. The van der Waals surface area contributed by atoms with Crippen LogP contribution in [-0.2, 0) is 4.79 Å². The van der Waals surface area contributed by atoms with E-state index in [2.05, 4.69) is 5.32 Å². The van der Waals surface area contributed by atoms with Gasteiger partial charge in [-0.05, 0) is 59.2 Å². The lowest BCUT2D eigenvalue weighted by molar-refractivity contribution is -0.111. The number of hydrogen-bond donors (Lipinski definition) is 2. The third-order valence-electron chi connectivity index (χ3n) is 5.02. The Bertz CT molecular complexity index is 1180. The maximum Gasteiger partial charge on any atom is 0.248 e. The number of methoxy groups -OCH3 is 4. The highest BCUT2D eigenvalue weighted by Crippen LogP contribution is 2.38. The van der Waals surface area contributed by atoms with Crippen LogP contribution in [0, 0.1) is 0 Å². The van der Waals surface area contributed by atoms with E-state index in [1.165, 1.54) is 6.08 Å². The van der Waals surface area contributed by atoms with E-state index in [0.29, 0.717) is 34.4 Å². The molecule has 0 saturated heterocycles. The molecule has 34 heavy (non-hydrogen) atoms. The summed E-state index contributed by atoms with van der Waals surface area (Å²) in [7, 11) is 6.27. The smallest absolute Gasteiger partial charge is 0.248 e. The monoisotopic (exact) mass is 460 g/mol. The fourth-order valence-electron chi connectivity index (χ4n) is 3.25. The van der Waals surface area contributed by atoms with E-state index < -0.39 is 0 Å². The number of carbonyl (C=O) groups excluding carboxylic acids is 1. The molecule has 7 nitrogen and oxygen atoms in total. The van der Waals surface area contributed by atoms with Gasteiger partial charge in [0.1, 0.15) is 5.75 Å². The molecular formula is C27H28N2O5. The van der Waals surface area contributed by atoms with Gasteiger partial charge < -0.3 is 30.0 Å². The molecule has 7 heteroatoms. The molecule has 0 aliphatic rings. The normalized spacial score (nSPS) is 10.9. The summed E-state index contributed by atoms with van der Waals surface area (Å²) in [5.41, 5.74) is 9.49. The first-order valence-electron chi connectivity index (χ1n) is 10.5. The molecule has 0 aliphatic heterocycles. The van der Waals surface area contributed by atoms with E-state index >= 15 is 0 Å². The predicted molar refractivity (Wildman–Crippen MR) is 137 cm³/mol. The Balaban J connectivity index is 1.86. The van der Waals surface area contributed by atoms with E-state index in [-0.39, 0.29) is 5.91 Å². The molecule has 0 aromatic heterocycles. The quantitative estimate of drug-likeness (QED) is 0.261. The van der Waals surface area contributed by atoms with Crippen molar-refractivity contribution < 1.29 is 23.7 Å². The van der Waals surface area contributed by atoms with Crippen LogP contribution in [0.5, 0.6) is 23.0 Å². The topological polar surface area (TPSA) is 92.0 Å². The van der Waals surface area contributed by atoms with Crippen LogP contribution in [0.1, 0.15) is 16.7 Å². The van der Waals surface area contributed by atoms with Crippen LogP contribution in [0.4, 0.5) is 11.4 Å². The summed E-state index contributed by atoms with van der Waals surface area (Å²) in [4.78, 5) is 12.6. The molecular weight excluding hydrogens is 432 g/mol. The first-order chi connectivity index (χ1) is 16.5. The Kier molecular flexibility index (Phi) is 8.18. The highest BCUT2D eigenvalue weighted by Gasteiger charge is 2.12. The molecule has 1 amide bonds. The molecule has 0 aliphatic carbocycles. The molecule has 176 valence electrons. The number of anilines is 2. The van der Waals surface area contributed by atoms with Crippen LogP contribution >= 0.6 is 0 Å². The van der Waals surface area contributed by atoms with Crippen molar-refractivity contribution in [3.05, 3.63) is 77.4 Å². The van der Waals surface area contributed by atoms with Gasteiger partial charge in [-0.25, -0.2) is 0 Å². The van der Waals surface area contributed by atoms with Gasteiger partial charge in [-0.3, -0.25) is 4.79 Å². The van der Waals surface area contributed by atoms with Crippen molar-refractivity contribution in [2.75, 3.05) is 39.5 Å². The first kappa shape index (κ1) is 24.3. The van der Waals surface area contributed by atoms with Crippen LogP contribution in [0.3, 0.4) is 0 Å². The molecule has 3 aromatic rings. The van der Waals surface area contributed by atoms with Gasteiger partial charge in [0.25, 0.3) is 0 Å². The van der Waals surface area contributed by atoms with Gasteiger partial charge >= 0.3 is 0 Å². The summed E-state index contributed by atoms with van der Waals surface area (Å²) in [6.07, 6.45) is 6.98. The largest absolute Gasteiger partial charge is 0.497 e. The minimum absolute atomic E-state index is 0.271. The van der Waals surface area contributed by atoms with Crippen LogP contribution in [0.2, 0.25) is 0 Å². The second kappa shape index (κ2) is 11.5. The van der Waals surface area contributed by atoms with Crippen LogP contribution in [0.15, 0.2) is 60.7 Å². The molecule has 0 unspecified atom stereocenters. The van der Waals surface area contributed by atoms with E-state index in [0.717, 1.165) is 16.7 Å². The second-order valence-electron chi connectivity index (χ2n) is 7.23. The Labute approximate surface area is 199 Å². The van der Waals surface area contributed by atoms with Gasteiger partial charge in [0.05, 0.1) is 34.1 Å². The summed E-state index contributed by atoms with van der Waals surface area (Å²) in [6.45, 7) is 0. The average Bonchev–Trinajstić information content (AvgIpc) is 2.86. The predicted octanol–water partition coefficient (Wildman–Crippen LogP) is 5.13. The number of nitrogen functional groups attached to an aromatic ring is 1. The fourth-order valence-corrected chi connectivity index (χ4v) is 3.25. The number of nitrogens with two attached hydrogens (primary N) is 1. The van der Waals surface area contributed by atoms with E-state index in [1.54, 1.807) is 52.7 Å². The zero-order valence-corrected chi connectivity index (χ0v) is 19.6. The fraction of sp³-hybridized carbons (Fsp3) is 0.148. The molecule has 3 N–H and O–H groups in total. The maximum atomic E-state index is 12.6. The van der Waals surface area contributed by atoms with Gasteiger partial charge in [-0.2, -0.15) is 0 Å². The number of amides is 1. The zero-order valence-electron chi connectivity index (χ0n) is 19.6. The molecule has 0 heterocycles. The van der Waals surface area contributed by atoms with Crippen molar-refractivity contribution in [3.63, 3.8) is 0 Å². The van der Waals surface area contributed by atoms with Crippen LogP contribution < -0.4 is 30.0 Å².